The van der Waals surface area contributed by atoms with Crippen LogP contribution in [0.4, 0.5) is 14.6 Å². The molecule has 0 amide bonds. The molecule has 4 aromatic rings. The Balaban J connectivity index is 1.60. The third kappa shape index (κ3) is 3.11. The zero-order valence-corrected chi connectivity index (χ0v) is 15.4. The van der Waals surface area contributed by atoms with Gasteiger partial charge in [0.1, 0.15) is 28.8 Å². The molecule has 1 fully saturated rings. The molecule has 2 aromatic carbocycles. The highest BCUT2D eigenvalue weighted by Gasteiger charge is 2.22. The molecule has 0 saturated carbocycles. The van der Waals surface area contributed by atoms with Crippen molar-refractivity contribution in [2.24, 2.45) is 5.73 Å². The van der Waals surface area contributed by atoms with Crippen molar-refractivity contribution in [3.63, 3.8) is 0 Å². The number of hydrogen-bond donors (Lipinski definition) is 2. The molecule has 0 unspecified atom stereocenters. The van der Waals surface area contributed by atoms with E-state index in [4.69, 9.17) is 10.7 Å². The van der Waals surface area contributed by atoms with Crippen LogP contribution in [-0.4, -0.2) is 39.3 Å². The van der Waals surface area contributed by atoms with Gasteiger partial charge in [-0.05, 0) is 36.2 Å². The maximum atomic E-state index is 14.2. The molecule has 6 nitrogen and oxygen atoms in total. The van der Waals surface area contributed by atoms with E-state index in [-0.39, 0.29) is 11.6 Å². The van der Waals surface area contributed by atoms with E-state index < -0.39 is 11.6 Å². The molecule has 2 aromatic heterocycles. The van der Waals surface area contributed by atoms with Crippen molar-refractivity contribution in [2.75, 3.05) is 18.0 Å². The summed E-state index contributed by atoms with van der Waals surface area (Å²) >= 11 is 0. The molecule has 1 aliphatic heterocycles. The van der Waals surface area contributed by atoms with Crippen molar-refractivity contribution in [1.29, 1.82) is 0 Å². The number of aromatic amines is 1. The Morgan fingerprint density at radius 2 is 1.93 bits per heavy atom. The first-order valence-electron chi connectivity index (χ1n) is 9.35. The van der Waals surface area contributed by atoms with Crippen molar-refractivity contribution in [2.45, 2.75) is 12.5 Å². The SMILES string of the molecule is N[C@@H]1CCN(c2cncc(-c3n[nH]c4ccc(-c5c(F)cccc5F)cc34)n2)C1. The van der Waals surface area contributed by atoms with Gasteiger partial charge < -0.3 is 10.6 Å². The number of nitrogens with zero attached hydrogens (tertiary/aromatic N) is 4. The van der Waals surface area contributed by atoms with E-state index in [1.54, 1.807) is 30.6 Å². The maximum absolute atomic E-state index is 14.2. The van der Waals surface area contributed by atoms with Crippen LogP contribution in [0, 0.1) is 11.6 Å². The number of nitrogens with one attached hydrogen (secondary N) is 1. The van der Waals surface area contributed by atoms with Gasteiger partial charge in [0.15, 0.2) is 0 Å². The quantitative estimate of drug-likeness (QED) is 0.558. The molecule has 3 N–H and O–H groups in total. The first kappa shape index (κ1) is 17.7. The summed E-state index contributed by atoms with van der Waals surface area (Å²) in [7, 11) is 0. The molecule has 8 heteroatoms. The molecular formula is C21H18F2N6. The van der Waals surface area contributed by atoms with E-state index in [1.165, 1.54) is 18.2 Å². The van der Waals surface area contributed by atoms with E-state index >= 15 is 0 Å². The number of anilines is 1. The van der Waals surface area contributed by atoms with Gasteiger partial charge in [-0.2, -0.15) is 5.10 Å². The third-order valence-corrected chi connectivity index (χ3v) is 5.23. The number of hydrogen-bond acceptors (Lipinski definition) is 5. The molecule has 0 radical (unpaired) electrons. The summed E-state index contributed by atoms with van der Waals surface area (Å²) < 4.78 is 28.5. The molecule has 3 heterocycles. The van der Waals surface area contributed by atoms with Crippen LogP contribution < -0.4 is 10.6 Å². The lowest BCUT2D eigenvalue weighted by molar-refractivity contribution is 0.589. The highest BCUT2D eigenvalue weighted by Crippen LogP contribution is 2.32. The molecule has 1 atom stereocenters. The molecule has 0 spiro atoms. The molecular weight excluding hydrogens is 374 g/mol. The fourth-order valence-corrected chi connectivity index (χ4v) is 3.76. The predicted octanol–water partition coefficient (Wildman–Crippen LogP) is 3.50. The van der Waals surface area contributed by atoms with Crippen LogP contribution in [0.1, 0.15) is 6.42 Å². The van der Waals surface area contributed by atoms with Gasteiger partial charge in [0.2, 0.25) is 0 Å². The number of halogens is 2. The van der Waals surface area contributed by atoms with Crippen molar-refractivity contribution < 1.29 is 8.78 Å². The molecule has 146 valence electrons. The van der Waals surface area contributed by atoms with Gasteiger partial charge in [0.05, 0.1) is 23.5 Å². The van der Waals surface area contributed by atoms with E-state index in [2.05, 4.69) is 20.1 Å². The van der Waals surface area contributed by atoms with Crippen LogP contribution >= 0.6 is 0 Å². The Labute approximate surface area is 165 Å². The highest BCUT2D eigenvalue weighted by atomic mass is 19.1. The van der Waals surface area contributed by atoms with Crippen molar-refractivity contribution in [3.05, 3.63) is 60.4 Å². The monoisotopic (exact) mass is 392 g/mol. The summed E-state index contributed by atoms with van der Waals surface area (Å²) in [6, 6.07) is 9.11. The van der Waals surface area contributed by atoms with Gasteiger partial charge in [-0.3, -0.25) is 10.1 Å². The van der Waals surface area contributed by atoms with Crippen LogP contribution in [0.15, 0.2) is 48.8 Å². The highest BCUT2D eigenvalue weighted by molar-refractivity contribution is 5.95. The maximum Gasteiger partial charge on any atom is 0.147 e. The Bertz CT molecular complexity index is 1180. The minimum Gasteiger partial charge on any atom is -0.354 e. The zero-order valence-electron chi connectivity index (χ0n) is 15.4. The molecule has 1 saturated heterocycles. The summed E-state index contributed by atoms with van der Waals surface area (Å²) in [4.78, 5) is 11.1. The van der Waals surface area contributed by atoms with E-state index in [0.29, 0.717) is 17.0 Å². The van der Waals surface area contributed by atoms with Crippen molar-refractivity contribution >= 4 is 16.7 Å². The standard InChI is InChI=1S/C21H18F2N6/c22-15-2-1-3-16(23)20(15)12-4-5-17-14(8-12)21(28-27-17)18-9-25-10-19(26-18)29-7-6-13(24)11-29/h1-5,8-10,13H,6-7,11,24H2,(H,27,28)/t13-/m1/s1. The van der Waals surface area contributed by atoms with Crippen LogP contribution in [0.25, 0.3) is 33.4 Å². The first-order chi connectivity index (χ1) is 14.1. The number of benzene rings is 2. The van der Waals surface area contributed by atoms with Gasteiger partial charge in [-0.25, -0.2) is 13.8 Å². The summed E-state index contributed by atoms with van der Waals surface area (Å²) in [5, 5.41) is 8.04. The minimum absolute atomic E-state index is 0.0626. The van der Waals surface area contributed by atoms with Gasteiger partial charge in [-0.15, -0.1) is 0 Å². The molecule has 29 heavy (non-hydrogen) atoms. The molecule has 1 aliphatic rings. The molecule has 5 rings (SSSR count). The number of nitrogens with two attached hydrogens (primary N) is 1. The summed E-state index contributed by atoms with van der Waals surface area (Å²) in [5.41, 5.74) is 8.28. The van der Waals surface area contributed by atoms with Gasteiger partial charge in [-0.1, -0.05) is 12.1 Å². The zero-order chi connectivity index (χ0) is 20.0. The minimum atomic E-state index is -0.610. The van der Waals surface area contributed by atoms with Crippen molar-refractivity contribution in [3.8, 4) is 22.5 Å². The lowest BCUT2D eigenvalue weighted by Gasteiger charge is -2.16. The van der Waals surface area contributed by atoms with Gasteiger partial charge >= 0.3 is 0 Å². The molecule has 0 aliphatic carbocycles. The Morgan fingerprint density at radius 3 is 2.69 bits per heavy atom. The molecule has 0 bridgehead atoms. The smallest absolute Gasteiger partial charge is 0.147 e. The Kier molecular flexibility index (Phi) is 4.21. The first-order valence-corrected chi connectivity index (χ1v) is 9.35. The average molecular weight is 392 g/mol. The van der Waals surface area contributed by atoms with E-state index in [1.807, 2.05) is 0 Å². The Morgan fingerprint density at radius 1 is 1.10 bits per heavy atom. The van der Waals surface area contributed by atoms with Crippen LogP contribution in [0.3, 0.4) is 0 Å². The van der Waals surface area contributed by atoms with Crippen molar-refractivity contribution in [1.82, 2.24) is 20.2 Å². The van der Waals surface area contributed by atoms with Gasteiger partial charge in [0.25, 0.3) is 0 Å². The fraction of sp³-hybridized carbons (Fsp3) is 0.190. The normalized spacial score (nSPS) is 16.7. The van der Waals surface area contributed by atoms with Crippen LogP contribution in [0.2, 0.25) is 0 Å². The summed E-state index contributed by atoms with van der Waals surface area (Å²) in [6.07, 6.45) is 4.25. The fourth-order valence-electron chi connectivity index (χ4n) is 3.76. The lowest BCUT2D eigenvalue weighted by atomic mass is 10.0. The second kappa shape index (κ2) is 6.89. The number of fused-ring (bicyclic) bond motifs is 1. The van der Waals surface area contributed by atoms with E-state index in [0.717, 1.165) is 36.2 Å². The summed E-state index contributed by atoms with van der Waals surface area (Å²) in [5.74, 6) is -0.481. The van der Waals surface area contributed by atoms with E-state index in [9.17, 15) is 8.78 Å². The average Bonchev–Trinajstić information content (AvgIpc) is 3.34. The topological polar surface area (TPSA) is 83.7 Å². The number of aromatic nitrogens is 4. The number of rotatable bonds is 3. The lowest BCUT2D eigenvalue weighted by Crippen LogP contribution is -2.27. The second-order valence-electron chi connectivity index (χ2n) is 7.19. The largest absolute Gasteiger partial charge is 0.354 e. The Hall–Kier alpha value is -3.39. The second-order valence-corrected chi connectivity index (χ2v) is 7.19. The summed E-state index contributed by atoms with van der Waals surface area (Å²) in [6.45, 7) is 1.56. The predicted molar refractivity (Wildman–Crippen MR) is 107 cm³/mol. The van der Waals surface area contributed by atoms with Crippen LogP contribution in [0.5, 0.6) is 0 Å². The number of H-pyrrole nitrogens is 1. The third-order valence-electron chi connectivity index (χ3n) is 5.23. The van der Waals surface area contributed by atoms with Crippen LogP contribution in [-0.2, 0) is 0 Å². The van der Waals surface area contributed by atoms with Gasteiger partial charge in [0, 0.05) is 24.5 Å².